The number of pyridine rings is 2. The van der Waals surface area contributed by atoms with Crippen molar-refractivity contribution in [2.24, 2.45) is 0 Å². The number of hydrogen-bond donors (Lipinski definition) is 0. The molecule has 4 aromatic carbocycles. The Labute approximate surface area is 353 Å². The number of benzene rings is 4. The van der Waals surface area contributed by atoms with Crippen LogP contribution in [0.25, 0.3) is 0 Å². The maximum Gasteiger partial charge on any atom is 1.00 e. The molecule has 292 valence electrons. The van der Waals surface area contributed by atoms with Crippen molar-refractivity contribution in [2.45, 2.75) is 0 Å². The van der Waals surface area contributed by atoms with E-state index in [1.54, 1.807) is 0 Å². The summed E-state index contributed by atoms with van der Waals surface area (Å²) in [6.45, 7) is 0. The van der Waals surface area contributed by atoms with E-state index < -0.39 is 15.8 Å². The van der Waals surface area contributed by atoms with Crippen LogP contribution in [0.4, 0.5) is 11.4 Å². The van der Waals surface area contributed by atoms with E-state index in [9.17, 15) is 0 Å². The van der Waals surface area contributed by atoms with E-state index in [-0.39, 0.29) is 34.1 Å². The fraction of sp³-hybridized carbons (Fsp3) is 0.0952. The van der Waals surface area contributed by atoms with Gasteiger partial charge in [0.2, 0.25) is 0 Å². The van der Waals surface area contributed by atoms with E-state index in [2.05, 4.69) is 202 Å². The van der Waals surface area contributed by atoms with Gasteiger partial charge in [-0.1, -0.05) is 134 Å². The van der Waals surface area contributed by atoms with Gasteiger partial charge in [0.15, 0.2) is 0 Å². The molecule has 0 saturated heterocycles. The van der Waals surface area contributed by atoms with Gasteiger partial charge < -0.3 is 30.0 Å². The summed E-state index contributed by atoms with van der Waals surface area (Å²) in [5, 5.41) is 18.7. The van der Waals surface area contributed by atoms with Crippen molar-refractivity contribution in [3.63, 3.8) is 0 Å². The molecule has 0 N–H and O–H groups in total. The van der Waals surface area contributed by atoms with E-state index in [0.29, 0.717) is 0 Å². The van der Waals surface area contributed by atoms with Gasteiger partial charge in [0.25, 0.3) is 0 Å². The maximum atomic E-state index is 4.74. The molecule has 0 radical (unpaired) electrons. The minimum Gasteiger partial charge on any atom is -0.432 e. The summed E-state index contributed by atoms with van der Waals surface area (Å²) in [6.07, 6.45) is 9.34. The number of hydrogen-bond acceptors (Lipinski definition) is 8. The molecule has 0 aliphatic rings. The van der Waals surface area contributed by atoms with Crippen LogP contribution < -0.4 is 52.1 Å². The average Bonchev–Trinajstić information content (AvgIpc) is 4.02. The number of anilines is 2. The molecule has 0 bridgehead atoms. The fourth-order valence-electron chi connectivity index (χ4n) is 5.21. The molecule has 8 aromatic rings. The summed E-state index contributed by atoms with van der Waals surface area (Å²) in [4.78, 5) is 20.8. The van der Waals surface area contributed by atoms with Gasteiger partial charge in [0.1, 0.15) is 0 Å². The molecule has 4 aromatic heterocycles. The van der Waals surface area contributed by atoms with Crippen LogP contribution in [0.5, 0.6) is 0 Å². The predicted octanol–water partition coefficient (Wildman–Crippen LogP) is 4.67. The minimum atomic E-state index is -0.652. The third kappa shape index (κ3) is 13.6. The molecule has 0 fully saturated rings. The summed E-state index contributed by atoms with van der Waals surface area (Å²) >= 11 is 0. The molecule has 0 saturated carbocycles. The second-order valence-corrected chi connectivity index (χ2v) is 16.0. The number of nitrogens with zero attached hydrogens (tertiary/aromatic N) is 10. The van der Waals surface area contributed by atoms with Crippen molar-refractivity contribution < 1.29 is 34.1 Å². The van der Waals surface area contributed by atoms with Gasteiger partial charge in [-0.2, -0.15) is 0 Å². The van der Waals surface area contributed by atoms with Gasteiger partial charge in [0.05, 0.1) is 22.2 Å². The van der Waals surface area contributed by atoms with Crippen LogP contribution in [0.3, 0.4) is 0 Å². The van der Waals surface area contributed by atoms with Crippen LogP contribution in [0.15, 0.2) is 183 Å². The van der Waals surface area contributed by atoms with Crippen LogP contribution in [-0.2, 0) is 34.1 Å². The molecule has 0 aliphatic carbocycles. The minimum absolute atomic E-state index is 0. The van der Waals surface area contributed by atoms with E-state index >= 15 is 0 Å². The Morgan fingerprint density at radius 1 is 0.411 bits per heavy atom. The first-order chi connectivity index (χ1) is 26.5. The van der Waals surface area contributed by atoms with Crippen molar-refractivity contribution in [3.8, 4) is 0 Å². The van der Waals surface area contributed by atoms with E-state index in [1.165, 1.54) is 57.9 Å². The zero-order chi connectivity index (χ0) is 37.8. The van der Waals surface area contributed by atoms with Gasteiger partial charge >= 0.3 is 34.1 Å². The van der Waals surface area contributed by atoms with Crippen LogP contribution in [0, 0.1) is 0 Å². The standard InChI is InChI=1S/2C19H19N2P.2C2H2N3.2Cu/c2*1-21(2)18-14-9-15-20-19(18)22(16-10-5-3-6-11-16)17-12-7-4-8-13-17;2*1-3-2-5-4-1;;/h2*3-15H,1-2H3;2*1-2H;;/q;;2*-1;2*+1. The Balaban J connectivity index is 0.000000233. The molecule has 10 nitrogen and oxygen atoms in total. The summed E-state index contributed by atoms with van der Waals surface area (Å²) in [7, 11) is 6.99. The van der Waals surface area contributed by atoms with Crippen molar-refractivity contribution in [2.75, 3.05) is 38.0 Å². The van der Waals surface area contributed by atoms with E-state index in [4.69, 9.17) is 9.97 Å². The Kier molecular flexibility index (Phi) is 20.4. The fourth-order valence-corrected chi connectivity index (χ4v) is 10.0. The SMILES string of the molecule is CN(C)c1cccnc1P(c1ccccc1)c1ccccc1.CN(C)c1cccnc1P(c1ccccc1)c1ccccc1.[Cu+].[Cu+].c1nc[n-]n1.c1nc[n-]n1. The largest absolute Gasteiger partial charge is 1.00 e. The van der Waals surface area contributed by atoms with Gasteiger partial charge in [-0.25, -0.2) is 0 Å². The molecule has 14 heteroatoms. The zero-order valence-corrected chi connectivity index (χ0v) is 35.0. The van der Waals surface area contributed by atoms with Crippen molar-refractivity contribution in [1.29, 1.82) is 0 Å². The first-order valence-corrected chi connectivity index (χ1v) is 19.7. The Morgan fingerprint density at radius 3 is 0.929 bits per heavy atom. The normalized spacial score (nSPS) is 9.82. The zero-order valence-electron chi connectivity index (χ0n) is 31.3. The summed E-state index contributed by atoms with van der Waals surface area (Å²) in [5.41, 5.74) is 4.67. The van der Waals surface area contributed by atoms with Crippen molar-refractivity contribution in [3.05, 3.63) is 183 Å². The Hall–Kier alpha value is -5.04. The summed E-state index contributed by atoms with van der Waals surface area (Å²) in [6, 6.07) is 51.0. The second kappa shape index (κ2) is 25.2. The molecule has 0 amide bonds. The molecule has 0 unspecified atom stereocenters. The topological polar surface area (TPSA) is 112 Å². The van der Waals surface area contributed by atoms with Crippen LogP contribution in [0.1, 0.15) is 0 Å². The van der Waals surface area contributed by atoms with E-state index in [0.717, 1.165) is 10.9 Å². The second-order valence-electron chi connectivity index (χ2n) is 11.7. The van der Waals surface area contributed by atoms with E-state index in [1.807, 2.05) is 24.5 Å². The molecule has 0 spiro atoms. The van der Waals surface area contributed by atoms with Gasteiger partial charge in [-0.05, 0) is 45.5 Å². The van der Waals surface area contributed by atoms with Crippen LogP contribution in [-0.4, -0.2) is 58.3 Å². The number of aromatic nitrogens is 8. The van der Waals surface area contributed by atoms with Crippen molar-refractivity contribution in [1.82, 2.24) is 40.3 Å². The molecule has 4 heterocycles. The molecule has 56 heavy (non-hydrogen) atoms. The smallest absolute Gasteiger partial charge is 0.432 e. The van der Waals surface area contributed by atoms with Crippen molar-refractivity contribution >= 4 is 59.3 Å². The van der Waals surface area contributed by atoms with Gasteiger partial charge in [-0.15, -0.1) is 0 Å². The molecular formula is C42H42Cu2N10P2. The Morgan fingerprint density at radius 2 is 0.714 bits per heavy atom. The molecule has 0 atom stereocenters. The first kappa shape index (κ1) is 45.3. The maximum absolute atomic E-state index is 4.74. The summed E-state index contributed by atoms with van der Waals surface area (Å²) in [5.74, 6) is 0. The average molecular weight is 876 g/mol. The predicted molar refractivity (Wildman–Crippen MR) is 225 cm³/mol. The summed E-state index contributed by atoms with van der Waals surface area (Å²) < 4.78 is 0. The molecule has 0 aliphatic heterocycles. The third-order valence-corrected chi connectivity index (χ3v) is 12.4. The molecule has 8 rings (SSSR count). The van der Waals surface area contributed by atoms with Crippen LogP contribution in [0.2, 0.25) is 0 Å². The monoisotopic (exact) mass is 874 g/mol. The van der Waals surface area contributed by atoms with Gasteiger partial charge in [-0.3, -0.25) is 20.2 Å². The first-order valence-electron chi connectivity index (χ1n) is 17.1. The third-order valence-electron chi connectivity index (χ3n) is 7.58. The van der Waals surface area contributed by atoms with Crippen LogP contribution >= 0.6 is 15.8 Å². The number of rotatable bonds is 8. The quantitative estimate of drug-likeness (QED) is 0.158. The molecular weight excluding hydrogens is 834 g/mol. The Bertz CT molecular complexity index is 1880. The van der Waals surface area contributed by atoms with Gasteiger partial charge in [0, 0.05) is 69.1 Å².